The van der Waals surface area contributed by atoms with Crippen LogP contribution in [-0.4, -0.2) is 37.4 Å². The van der Waals surface area contributed by atoms with Gasteiger partial charge in [-0.1, -0.05) is 26.0 Å². The highest BCUT2D eigenvalue weighted by Gasteiger charge is 2.30. The highest BCUT2D eigenvalue weighted by atomic mass is 19.4. The molecule has 0 saturated carbocycles. The van der Waals surface area contributed by atoms with Crippen LogP contribution in [0.1, 0.15) is 19.4 Å². The molecule has 0 saturated heterocycles. The first-order chi connectivity index (χ1) is 9.44. The Morgan fingerprint density at radius 3 is 2.20 bits per heavy atom. The average molecular weight is 290 g/mol. The molecule has 0 aliphatic carbocycles. The van der Waals surface area contributed by atoms with Gasteiger partial charge in [0.05, 0.1) is 0 Å². The third-order valence-corrected chi connectivity index (χ3v) is 2.99. The summed E-state index contributed by atoms with van der Waals surface area (Å²) in [5.41, 5.74) is 0.930. The number of likely N-dealkylation sites (N-methyl/N-ethyl adjacent to an activating group) is 1. The number of ether oxygens (including phenoxy) is 1. The van der Waals surface area contributed by atoms with Crippen molar-refractivity contribution >= 4 is 0 Å². The number of nitrogens with zero attached hydrogens (tertiary/aromatic N) is 1. The zero-order valence-electron chi connectivity index (χ0n) is 11.8. The standard InChI is InChI=1S/C14H21F3N2O/c1-3-19(4-2)10-9-18-11-12-5-7-13(8-6-12)20-14(15,16)17/h5-8,18H,3-4,9-11H2,1-2H3. The molecule has 0 amide bonds. The van der Waals surface area contributed by atoms with Gasteiger partial charge in [0, 0.05) is 19.6 Å². The Kier molecular flexibility index (Phi) is 6.81. The van der Waals surface area contributed by atoms with Crippen LogP contribution < -0.4 is 10.1 Å². The summed E-state index contributed by atoms with van der Waals surface area (Å²) in [7, 11) is 0. The van der Waals surface area contributed by atoms with E-state index in [4.69, 9.17) is 0 Å². The van der Waals surface area contributed by atoms with E-state index in [0.29, 0.717) is 6.54 Å². The Labute approximate surface area is 117 Å². The number of benzene rings is 1. The topological polar surface area (TPSA) is 24.5 Å². The number of rotatable bonds is 8. The first-order valence-corrected chi connectivity index (χ1v) is 6.72. The lowest BCUT2D eigenvalue weighted by Gasteiger charge is -2.18. The molecule has 0 aliphatic rings. The van der Waals surface area contributed by atoms with Crippen molar-refractivity contribution in [3.8, 4) is 5.75 Å². The first-order valence-electron chi connectivity index (χ1n) is 6.72. The predicted octanol–water partition coefficient (Wildman–Crippen LogP) is 3.02. The summed E-state index contributed by atoms with van der Waals surface area (Å²) in [6.07, 6.45) is -4.64. The lowest BCUT2D eigenvalue weighted by Crippen LogP contribution is -2.31. The molecule has 1 N–H and O–H groups in total. The summed E-state index contributed by atoms with van der Waals surface area (Å²) in [5, 5.41) is 3.26. The van der Waals surface area contributed by atoms with Gasteiger partial charge in [-0.3, -0.25) is 0 Å². The summed E-state index contributed by atoms with van der Waals surface area (Å²) < 4.78 is 39.8. The van der Waals surface area contributed by atoms with Gasteiger partial charge in [0.2, 0.25) is 0 Å². The van der Waals surface area contributed by atoms with E-state index in [0.717, 1.165) is 31.7 Å². The molecule has 20 heavy (non-hydrogen) atoms. The summed E-state index contributed by atoms with van der Waals surface area (Å²) >= 11 is 0. The minimum absolute atomic E-state index is 0.190. The van der Waals surface area contributed by atoms with E-state index in [2.05, 4.69) is 28.8 Å². The van der Waals surface area contributed by atoms with Crippen LogP contribution in [0.2, 0.25) is 0 Å². The fourth-order valence-electron chi connectivity index (χ4n) is 1.82. The van der Waals surface area contributed by atoms with Gasteiger partial charge in [-0.2, -0.15) is 0 Å². The van der Waals surface area contributed by atoms with Gasteiger partial charge in [0.15, 0.2) is 0 Å². The zero-order chi connectivity index (χ0) is 15.0. The number of halogens is 3. The van der Waals surface area contributed by atoms with Crippen molar-refractivity contribution in [3.63, 3.8) is 0 Å². The normalized spacial score (nSPS) is 11.9. The zero-order valence-corrected chi connectivity index (χ0v) is 11.8. The summed E-state index contributed by atoms with van der Waals surface area (Å²) in [4.78, 5) is 2.30. The van der Waals surface area contributed by atoms with Crippen molar-refractivity contribution in [1.82, 2.24) is 10.2 Å². The molecule has 3 nitrogen and oxygen atoms in total. The van der Waals surface area contributed by atoms with Crippen LogP contribution in [0.15, 0.2) is 24.3 Å². The average Bonchev–Trinajstić information content (AvgIpc) is 2.39. The van der Waals surface area contributed by atoms with Gasteiger partial charge in [0.1, 0.15) is 5.75 Å². The smallest absolute Gasteiger partial charge is 0.406 e. The largest absolute Gasteiger partial charge is 0.573 e. The van der Waals surface area contributed by atoms with Crippen molar-refractivity contribution < 1.29 is 17.9 Å². The fourth-order valence-corrected chi connectivity index (χ4v) is 1.82. The Balaban J connectivity index is 2.31. The molecule has 114 valence electrons. The summed E-state index contributed by atoms with van der Waals surface area (Å²) in [6.45, 7) is 8.70. The minimum atomic E-state index is -4.64. The molecule has 0 heterocycles. The van der Waals surface area contributed by atoms with Gasteiger partial charge in [-0.25, -0.2) is 0 Å². The maximum Gasteiger partial charge on any atom is 0.573 e. The van der Waals surface area contributed by atoms with Gasteiger partial charge in [0.25, 0.3) is 0 Å². The molecule has 1 rings (SSSR count). The number of hydrogen-bond donors (Lipinski definition) is 1. The monoisotopic (exact) mass is 290 g/mol. The van der Waals surface area contributed by atoms with Gasteiger partial charge < -0.3 is 15.0 Å². The molecule has 0 bridgehead atoms. The minimum Gasteiger partial charge on any atom is -0.406 e. The molecular formula is C14H21F3N2O. The van der Waals surface area contributed by atoms with Crippen molar-refractivity contribution in [2.75, 3.05) is 26.2 Å². The van der Waals surface area contributed by atoms with Crippen LogP contribution in [0.5, 0.6) is 5.75 Å². The van der Waals surface area contributed by atoms with Crippen LogP contribution in [0.3, 0.4) is 0 Å². The van der Waals surface area contributed by atoms with Crippen molar-refractivity contribution in [1.29, 1.82) is 0 Å². The lowest BCUT2D eigenvalue weighted by molar-refractivity contribution is -0.274. The van der Waals surface area contributed by atoms with E-state index in [1.54, 1.807) is 12.1 Å². The van der Waals surface area contributed by atoms with Crippen LogP contribution in [0.4, 0.5) is 13.2 Å². The van der Waals surface area contributed by atoms with E-state index in [-0.39, 0.29) is 5.75 Å². The molecule has 1 aromatic rings. The maximum absolute atomic E-state index is 12.0. The van der Waals surface area contributed by atoms with Gasteiger partial charge >= 0.3 is 6.36 Å². The van der Waals surface area contributed by atoms with Crippen LogP contribution >= 0.6 is 0 Å². The summed E-state index contributed by atoms with van der Waals surface area (Å²) in [5.74, 6) is -0.190. The second-order valence-electron chi connectivity index (χ2n) is 4.40. The number of alkyl halides is 3. The molecular weight excluding hydrogens is 269 g/mol. The van der Waals surface area contributed by atoms with Crippen LogP contribution in [0.25, 0.3) is 0 Å². The third kappa shape index (κ3) is 6.77. The van der Waals surface area contributed by atoms with Crippen molar-refractivity contribution in [2.45, 2.75) is 26.8 Å². The van der Waals surface area contributed by atoms with E-state index in [9.17, 15) is 13.2 Å². The second-order valence-corrected chi connectivity index (χ2v) is 4.40. The van der Waals surface area contributed by atoms with Crippen molar-refractivity contribution in [3.05, 3.63) is 29.8 Å². The summed E-state index contributed by atoms with van der Waals surface area (Å²) in [6, 6.07) is 5.92. The quantitative estimate of drug-likeness (QED) is 0.745. The molecule has 1 aromatic carbocycles. The predicted molar refractivity (Wildman–Crippen MR) is 72.6 cm³/mol. The van der Waals surface area contributed by atoms with Crippen LogP contribution in [0, 0.1) is 0 Å². The van der Waals surface area contributed by atoms with E-state index in [1.165, 1.54) is 12.1 Å². The Morgan fingerprint density at radius 1 is 1.10 bits per heavy atom. The lowest BCUT2D eigenvalue weighted by atomic mass is 10.2. The Morgan fingerprint density at radius 2 is 1.70 bits per heavy atom. The molecule has 6 heteroatoms. The molecule has 0 unspecified atom stereocenters. The van der Waals surface area contributed by atoms with Gasteiger partial charge in [-0.05, 0) is 30.8 Å². The third-order valence-electron chi connectivity index (χ3n) is 2.99. The molecule has 0 atom stereocenters. The molecule has 0 spiro atoms. The first kappa shape index (κ1) is 16.8. The molecule has 0 aliphatic heterocycles. The highest BCUT2D eigenvalue weighted by Crippen LogP contribution is 2.22. The molecule has 0 fully saturated rings. The molecule has 0 radical (unpaired) electrons. The van der Waals surface area contributed by atoms with Crippen LogP contribution in [-0.2, 0) is 6.54 Å². The number of nitrogens with one attached hydrogen (secondary N) is 1. The molecule has 0 aromatic heterocycles. The highest BCUT2D eigenvalue weighted by molar-refractivity contribution is 5.27. The van der Waals surface area contributed by atoms with E-state index < -0.39 is 6.36 Å². The maximum atomic E-state index is 12.0. The Hall–Kier alpha value is -1.27. The van der Waals surface area contributed by atoms with Crippen molar-refractivity contribution in [2.24, 2.45) is 0 Å². The van der Waals surface area contributed by atoms with Gasteiger partial charge in [-0.15, -0.1) is 13.2 Å². The Bertz CT molecular complexity index is 375. The second kappa shape index (κ2) is 8.11. The number of hydrogen-bond acceptors (Lipinski definition) is 3. The fraction of sp³-hybridized carbons (Fsp3) is 0.571. The van der Waals surface area contributed by atoms with E-state index >= 15 is 0 Å². The van der Waals surface area contributed by atoms with E-state index in [1.807, 2.05) is 0 Å². The SMILES string of the molecule is CCN(CC)CCNCc1ccc(OC(F)(F)F)cc1.